The number of fused-ring (bicyclic) bond motifs is 1. The van der Waals surface area contributed by atoms with Crippen molar-refractivity contribution in [1.29, 1.82) is 0 Å². The Morgan fingerprint density at radius 3 is 2.78 bits per heavy atom. The summed E-state index contributed by atoms with van der Waals surface area (Å²) in [6.07, 6.45) is 1.78. The monoisotopic (exact) mass is 379 g/mol. The van der Waals surface area contributed by atoms with E-state index in [1.165, 1.54) is 11.8 Å². The van der Waals surface area contributed by atoms with E-state index in [9.17, 15) is 4.79 Å². The first-order valence-corrected chi connectivity index (χ1v) is 9.98. The third-order valence-electron chi connectivity index (χ3n) is 4.48. The molecule has 1 saturated heterocycles. The van der Waals surface area contributed by atoms with Crippen LogP contribution in [0.15, 0.2) is 65.7 Å². The molecule has 27 heavy (non-hydrogen) atoms. The van der Waals surface area contributed by atoms with Crippen LogP contribution < -0.4 is 10.2 Å². The number of nitrogens with one attached hydrogen (secondary N) is 1. The molecule has 6 heteroatoms. The number of anilines is 2. The van der Waals surface area contributed by atoms with Crippen molar-refractivity contribution in [2.24, 2.45) is 0 Å². The van der Waals surface area contributed by atoms with Gasteiger partial charge in [0, 0.05) is 29.6 Å². The Kier molecular flexibility index (Phi) is 5.55. The molecule has 5 nitrogen and oxygen atoms in total. The lowest BCUT2D eigenvalue weighted by molar-refractivity contribution is -0.113. The standard InChI is InChI=1S/C21H21N3O2S/c25-20(15-27-19-9-3-5-16-6-4-10-22-21(16)19)23-17-7-1-2-8-18(17)24-11-13-26-14-12-24/h1-10H,11-15H2,(H,23,25). The number of aromatic nitrogens is 1. The molecule has 3 aromatic rings. The van der Waals surface area contributed by atoms with E-state index in [4.69, 9.17) is 4.74 Å². The van der Waals surface area contributed by atoms with Crippen LogP contribution in [-0.4, -0.2) is 42.9 Å². The van der Waals surface area contributed by atoms with Crippen molar-refractivity contribution in [2.45, 2.75) is 4.90 Å². The van der Waals surface area contributed by atoms with Gasteiger partial charge in [-0.2, -0.15) is 0 Å². The van der Waals surface area contributed by atoms with E-state index >= 15 is 0 Å². The first-order valence-electron chi connectivity index (χ1n) is 8.99. The molecule has 1 aliphatic rings. The van der Waals surface area contributed by atoms with Crippen molar-refractivity contribution < 1.29 is 9.53 Å². The average molecular weight is 379 g/mol. The third kappa shape index (κ3) is 4.23. The van der Waals surface area contributed by atoms with Crippen LogP contribution in [0.2, 0.25) is 0 Å². The first kappa shape index (κ1) is 17.8. The second-order valence-corrected chi connectivity index (χ2v) is 7.30. The molecule has 0 bridgehead atoms. The van der Waals surface area contributed by atoms with Crippen molar-refractivity contribution in [3.63, 3.8) is 0 Å². The number of thioether (sulfide) groups is 1. The number of ether oxygens (including phenoxy) is 1. The lowest BCUT2D eigenvalue weighted by Crippen LogP contribution is -2.36. The Bertz CT molecular complexity index is 936. The van der Waals surface area contributed by atoms with Gasteiger partial charge in [-0.05, 0) is 24.3 Å². The zero-order chi connectivity index (χ0) is 18.5. The van der Waals surface area contributed by atoms with E-state index in [1.807, 2.05) is 54.6 Å². The minimum atomic E-state index is -0.0198. The van der Waals surface area contributed by atoms with E-state index in [-0.39, 0.29) is 5.91 Å². The third-order valence-corrected chi connectivity index (χ3v) is 5.53. The molecule has 2 aromatic carbocycles. The van der Waals surface area contributed by atoms with Gasteiger partial charge in [-0.25, -0.2) is 0 Å². The highest BCUT2D eigenvalue weighted by Gasteiger charge is 2.16. The van der Waals surface area contributed by atoms with Gasteiger partial charge < -0.3 is 15.0 Å². The van der Waals surface area contributed by atoms with Gasteiger partial charge in [-0.3, -0.25) is 9.78 Å². The van der Waals surface area contributed by atoms with Crippen LogP contribution in [-0.2, 0) is 9.53 Å². The minimum absolute atomic E-state index is 0.0198. The van der Waals surface area contributed by atoms with Crippen LogP contribution in [0.4, 0.5) is 11.4 Å². The van der Waals surface area contributed by atoms with Crippen molar-refractivity contribution >= 4 is 39.9 Å². The largest absolute Gasteiger partial charge is 0.378 e. The number of para-hydroxylation sites is 3. The van der Waals surface area contributed by atoms with Crippen molar-refractivity contribution in [3.8, 4) is 0 Å². The number of carbonyl (C=O) groups excluding carboxylic acids is 1. The molecule has 4 rings (SSSR count). The summed E-state index contributed by atoms with van der Waals surface area (Å²) < 4.78 is 5.43. The minimum Gasteiger partial charge on any atom is -0.378 e. The van der Waals surface area contributed by atoms with Gasteiger partial charge in [-0.15, -0.1) is 11.8 Å². The number of carbonyl (C=O) groups is 1. The Labute approximate surface area is 162 Å². The molecule has 1 aromatic heterocycles. The smallest absolute Gasteiger partial charge is 0.234 e. The molecule has 1 amide bonds. The predicted octanol–water partition coefficient (Wildman–Crippen LogP) is 3.80. The second kappa shape index (κ2) is 8.41. The number of hydrogen-bond acceptors (Lipinski definition) is 5. The van der Waals surface area contributed by atoms with Crippen LogP contribution >= 0.6 is 11.8 Å². The number of rotatable bonds is 5. The summed E-state index contributed by atoms with van der Waals surface area (Å²) in [5.41, 5.74) is 2.83. The fourth-order valence-corrected chi connectivity index (χ4v) is 4.02. The van der Waals surface area contributed by atoms with E-state index in [0.29, 0.717) is 19.0 Å². The number of nitrogens with zero attached hydrogens (tertiary/aromatic N) is 2. The zero-order valence-corrected chi connectivity index (χ0v) is 15.7. The second-order valence-electron chi connectivity index (χ2n) is 6.28. The molecule has 1 fully saturated rings. The number of benzene rings is 2. The van der Waals surface area contributed by atoms with Crippen molar-refractivity contribution in [3.05, 3.63) is 60.8 Å². The maximum atomic E-state index is 12.6. The summed E-state index contributed by atoms with van der Waals surface area (Å²) in [4.78, 5) is 20.3. The Morgan fingerprint density at radius 2 is 1.89 bits per heavy atom. The van der Waals surface area contributed by atoms with E-state index in [0.717, 1.165) is 40.3 Å². The highest BCUT2D eigenvalue weighted by Crippen LogP contribution is 2.28. The van der Waals surface area contributed by atoms with Crippen molar-refractivity contribution in [1.82, 2.24) is 4.98 Å². The summed E-state index contributed by atoms with van der Waals surface area (Å²) >= 11 is 1.51. The summed E-state index contributed by atoms with van der Waals surface area (Å²) in [6.45, 7) is 3.10. The lowest BCUT2D eigenvalue weighted by Gasteiger charge is -2.30. The quantitative estimate of drug-likeness (QED) is 0.684. The molecule has 1 aliphatic heterocycles. The maximum Gasteiger partial charge on any atom is 0.234 e. The van der Waals surface area contributed by atoms with E-state index < -0.39 is 0 Å². The normalized spacial score (nSPS) is 14.3. The molecule has 0 spiro atoms. The predicted molar refractivity (Wildman–Crippen MR) is 111 cm³/mol. The number of morpholine rings is 1. The molecular formula is C21H21N3O2S. The molecule has 0 radical (unpaired) electrons. The van der Waals surface area contributed by atoms with Gasteiger partial charge in [-0.1, -0.05) is 30.3 Å². The zero-order valence-electron chi connectivity index (χ0n) is 14.9. The first-order chi connectivity index (χ1) is 13.3. The summed E-state index contributed by atoms with van der Waals surface area (Å²) in [5.74, 6) is 0.321. The van der Waals surface area contributed by atoms with Gasteiger partial charge in [0.05, 0.1) is 35.9 Å². The molecule has 2 heterocycles. The molecule has 0 aliphatic carbocycles. The molecule has 0 unspecified atom stereocenters. The van der Waals surface area contributed by atoms with Crippen LogP contribution in [0.1, 0.15) is 0 Å². The lowest BCUT2D eigenvalue weighted by atomic mass is 10.2. The molecule has 0 atom stereocenters. The van der Waals surface area contributed by atoms with Gasteiger partial charge in [0.2, 0.25) is 5.91 Å². The Morgan fingerprint density at radius 1 is 1.07 bits per heavy atom. The highest BCUT2D eigenvalue weighted by molar-refractivity contribution is 8.00. The summed E-state index contributed by atoms with van der Waals surface area (Å²) in [5, 5.41) is 4.15. The van der Waals surface area contributed by atoms with E-state index in [1.54, 1.807) is 6.20 Å². The Hall–Kier alpha value is -2.57. The van der Waals surface area contributed by atoms with Crippen molar-refractivity contribution in [2.75, 3.05) is 42.3 Å². The number of hydrogen-bond donors (Lipinski definition) is 1. The molecular weight excluding hydrogens is 358 g/mol. The SMILES string of the molecule is O=C(CSc1cccc2cccnc12)Nc1ccccc1N1CCOCC1. The topological polar surface area (TPSA) is 54.5 Å². The molecule has 0 saturated carbocycles. The average Bonchev–Trinajstić information content (AvgIpc) is 2.73. The maximum absolute atomic E-state index is 12.6. The summed E-state index contributed by atoms with van der Waals surface area (Å²) in [6, 6.07) is 17.9. The van der Waals surface area contributed by atoms with Crippen LogP contribution in [0.25, 0.3) is 10.9 Å². The fraction of sp³-hybridized carbons (Fsp3) is 0.238. The van der Waals surface area contributed by atoms with Crippen LogP contribution in [0, 0.1) is 0 Å². The Balaban J connectivity index is 1.44. The van der Waals surface area contributed by atoms with Gasteiger partial charge in [0.1, 0.15) is 0 Å². The van der Waals surface area contributed by atoms with E-state index in [2.05, 4.69) is 15.2 Å². The molecule has 1 N–H and O–H groups in total. The van der Waals surface area contributed by atoms with Crippen LogP contribution in [0.5, 0.6) is 0 Å². The van der Waals surface area contributed by atoms with Gasteiger partial charge in [0.15, 0.2) is 0 Å². The fourth-order valence-electron chi connectivity index (χ4n) is 3.18. The van der Waals surface area contributed by atoms with Gasteiger partial charge >= 0.3 is 0 Å². The highest BCUT2D eigenvalue weighted by atomic mass is 32.2. The molecule has 138 valence electrons. The van der Waals surface area contributed by atoms with Gasteiger partial charge in [0.25, 0.3) is 0 Å². The van der Waals surface area contributed by atoms with Crippen LogP contribution in [0.3, 0.4) is 0 Å². The number of pyridine rings is 1. The number of amides is 1. The summed E-state index contributed by atoms with van der Waals surface area (Å²) in [7, 11) is 0.